The van der Waals surface area contributed by atoms with Crippen LogP contribution in [0.25, 0.3) is 0 Å². The van der Waals surface area contributed by atoms with Crippen LogP contribution in [0, 0.1) is 0 Å². The molecule has 0 aliphatic carbocycles. The number of carbonyl (C=O) groups excluding carboxylic acids is 2. The number of carbonyl (C=O) groups is 2. The molecule has 1 aliphatic rings. The first-order valence-electron chi connectivity index (χ1n) is 9.28. The lowest BCUT2D eigenvalue weighted by Crippen LogP contribution is -2.54. The summed E-state index contributed by atoms with van der Waals surface area (Å²) < 4.78 is 5.04. The van der Waals surface area contributed by atoms with Gasteiger partial charge < -0.3 is 25.2 Å². The van der Waals surface area contributed by atoms with Crippen LogP contribution >= 0.6 is 24.0 Å². The molecule has 0 radical (unpaired) electrons. The highest BCUT2D eigenvalue weighted by molar-refractivity contribution is 14.0. The zero-order chi connectivity index (χ0) is 19.5. The molecule has 0 saturated carbocycles. The molecular formula is C18H29IN6O3. The number of aromatic nitrogens is 1. The van der Waals surface area contributed by atoms with Crippen LogP contribution in [0.3, 0.4) is 0 Å². The van der Waals surface area contributed by atoms with E-state index in [1.54, 1.807) is 30.2 Å². The van der Waals surface area contributed by atoms with Gasteiger partial charge in [-0.25, -0.2) is 4.79 Å². The van der Waals surface area contributed by atoms with Gasteiger partial charge in [-0.2, -0.15) is 0 Å². The smallest absolute Gasteiger partial charge is 0.409 e. The Balaban J connectivity index is 0.00000392. The summed E-state index contributed by atoms with van der Waals surface area (Å²) in [6.07, 6.45) is 2.90. The molecule has 1 aliphatic heterocycles. The number of hydrogen-bond donors (Lipinski definition) is 2. The highest BCUT2D eigenvalue weighted by Gasteiger charge is 2.23. The van der Waals surface area contributed by atoms with E-state index in [0.717, 1.165) is 12.5 Å². The number of aliphatic imine (C=N–C) groups is 1. The fourth-order valence-corrected chi connectivity index (χ4v) is 2.67. The van der Waals surface area contributed by atoms with Crippen molar-refractivity contribution in [2.75, 3.05) is 52.4 Å². The molecule has 156 valence electrons. The van der Waals surface area contributed by atoms with Crippen molar-refractivity contribution >= 4 is 41.9 Å². The van der Waals surface area contributed by atoms with E-state index in [9.17, 15) is 9.59 Å². The van der Waals surface area contributed by atoms with Gasteiger partial charge in [0, 0.05) is 51.7 Å². The molecule has 1 saturated heterocycles. The number of nitrogens with one attached hydrogen (secondary N) is 2. The van der Waals surface area contributed by atoms with Crippen LogP contribution in [0.1, 0.15) is 24.2 Å². The van der Waals surface area contributed by atoms with Crippen molar-refractivity contribution < 1.29 is 14.3 Å². The minimum absolute atomic E-state index is 0. The topological polar surface area (TPSA) is 99.2 Å². The van der Waals surface area contributed by atoms with Crippen molar-refractivity contribution in [2.45, 2.75) is 13.8 Å². The maximum Gasteiger partial charge on any atom is 0.409 e. The van der Waals surface area contributed by atoms with E-state index in [2.05, 4.69) is 25.5 Å². The molecule has 2 amide bonds. The van der Waals surface area contributed by atoms with Crippen molar-refractivity contribution in [3.05, 3.63) is 30.1 Å². The van der Waals surface area contributed by atoms with Crippen LogP contribution < -0.4 is 10.6 Å². The number of piperazine rings is 1. The van der Waals surface area contributed by atoms with Crippen molar-refractivity contribution in [3.63, 3.8) is 0 Å². The van der Waals surface area contributed by atoms with Crippen LogP contribution in [-0.2, 0) is 4.74 Å². The first-order valence-corrected chi connectivity index (χ1v) is 9.28. The summed E-state index contributed by atoms with van der Waals surface area (Å²) in [5.41, 5.74) is 0.531. The highest BCUT2D eigenvalue weighted by Crippen LogP contribution is 2.04. The van der Waals surface area contributed by atoms with Gasteiger partial charge in [-0.15, -0.1) is 24.0 Å². The Labute approximate surface area is 182 Å². The van der Waals surface area contributed by atoms with Gasteiger partial charge in [-0.3, -0.25) is 14.8 Å². The van der Waals surface area contributed by atoms with E-state index in [1.807, 2.05) is 6.92 Å². The molecule has 0 unspecified atom stereocenters. The maximum atomic E-state index is 12.0. The monoisotopic (exact) mass is 504 g/mol. The Morgan fingerprint density at radius 1 is 1.18 bits per heavy atom. The lowest BCUT2D eigenvalue weighted by Gasteiger charge is -2.35. The standard InChI is InChI=1S/C18H28N6O3.HI/c1-3-20-17(23-10-12-24(13-11-23)18(26)27-4-2)22-9-8-21-16(25)15-6-5-7-19-14-15;/h5-7,14H,3-4,8-13H2,1-2H3,(H,20,22)(H,21,25);1H. The SMILES string of the molecule is CCNC(=NCCNC(=O)c1cccnc1)N1CCN(C(=O)OCC)CC1.I. The summed E-state index contributed by atoms with van der Waals surface area (Å²) >= 11 is 0. The second-order valence-electron chi connectivity index (χ2n) is 5.91. The number of nitrogens with zero attached hydrogens (tertiary/aromatic N) is 4. The summed E-state index contributed by atoms with van der Waals surface area (Å²) in [6.45, 7) is 8.41. The third kappa shape index (κ3) is 7.49. The molecule has 0 atom stereocenters. The van der Waals surface area contributed by atoms with Gasteiger partial charge in [0.25, 0.3) is 5.91 Å². The number of halogens is 1. The lowest BCUT2D eigenvalue weighted by atomic mass is 10.3. The average molecular weight is 504 g/mol. The quantitative estimate of drug-likeness (QED) is 0.261. The van der Waals surface area contributed by atoms with Gasteiger partial charge in [-0.1, -0.05) is 0 Å². The maximum absolute atomic E-state index is 12.0. The molecule has 10 heteroatoms. The van der Waals surface area contributed by atoms with Gasteiger partial charge >= 0.3 is 6.09 Å². The predicted octanol–water partition coefficient (Wildman–Crippen LogP) is 1.17. The normalized spacial score (nSPS) is 14.1. The average Bonchev–Trinajstić information content (AvgIpc) is 2.71. The Morgan fingerprint density at radius 2 is 1.89 bits per heavy atom. The van der Waals surface area contributed by atoms with Crippen LogP contribution in [-0.4, -0.2) is 85.2 Å². The van der Waals surface area contributed by atoms with E-state index in [-0.39, 0.29) is 36.0 Å². The van der Waals surface area contributed by atoms with Crippen molar-refractivity contribution in [3.8, 4) is 0 Å². The number of ether oxygens (including phenoxy) is 1. The molecule has 9 nitrogen and oxygen atoms in total. The van der Waals surface area contributed by atoms with E-state index in [1.165, 1.54) is 6.20 Å². The van der Waals surface area contributed by atoms with Crippen LogP contribution in [0.4, 0.5) is 4.79 Å². The summed E-state index contributed by atoms with van der Waals surface area (Å²) in [4.78, 5) is 36.1. The Kier molecular flexibility index (Phi) is 11.2. The molecule has 0 bridgehead atoms. The summed E-state index contributed by atoms with van der Waals surface area (Å²) in [6, 6.07) is 3.45. The molecule has 28 heavy (non-hydrogen) atoms. The molecule has 1 aromatic rings. The Morgan fingerprint density at radius 3 is 2.50 bits per heavy atom. The third-order valence-corrected chi connectivity index (χ3v) is 4.02. The van der Waals surface area contributed by atoms with Gasteiger partial charge in [0.2, 0.25) is 0 Å². The Hall–Kier alpha value is -2.11. The largest absolute Gasteiger partial charge is 0.450 e. The predicted molar refractivity (Wildman–Crippen MR) is 118 cm³/mol. The third-order valence-electron chi connectivity index (χ3n) is 4.02. The molecule has 0 spiro atoms. The molecular weight excluding hydrogens is 475 g/mol. The first-order chi connectivity index (χ1) is 13.2. The van der Waals surface area contributed by atoms with E-state index in [4.69, 9.17) is 4.74 Å². The number of amides is 2. The number of rotatable bonds is 6. The number of pyridine rings is 1. The van der Waals surface area contributed by atoms with E-state index >= 15 is 0 Å². The molecule has 1 fully saturated rings. The van der Waals surface area contributed by atoms with Gasteiger partial charge in [-0.05, 0) is 26.0 Å². The van der Waals surface area contributed by atoms with E-state index in [0.29, 0.717) is 51.4 Å². The van der Waals surface area contributed by atoms with Crippen molar-refractivity contribution in [1.82, 2.24) is 25.4 Å². The van der Waals surface area contributed by atoms with Gasteiger partial charge in [0.15, 0.2) is 5.96 Å². The van der Waals surface area contributed by atoms with Crippen molar-refractivity contribution in [2.24, 2.45) is 4.99 Å². The number of hydrogen-bond acceptors (Lipinski definition) is 5. The minimum atomic E-state index is -0.266. The van der Waals surface area contributed by atoms with Gasteiger partial charge in [0.1, 0.15) is 0 Å². The number of guanidine groups is 1. The van der Waals surface area contributed by atoms with Crippen LogP contribution in [0.2, 0.25) is 0 Å². The fraction of sp³-hybridized carbons (Fsp3) is 0.556. The lowest BCUT2D eigenvalue weighted by molar-refractivity contribution is 0.0914. The van der Waals surface area contributed by atoms with E-state index < -0.39 is 0 Å². The first kappa shape index (κ1) is 23.9. The molecule has 0 aromatic carbocycles. The second kappa shape index (κ2) is 13.1. The molecule has 2 heterocycles. The fourth-order valence-electron chi connectivity index (χ4n) is 2.67. The van der Waals surface area contributed by atoms with Crippen LogP contribution in [0.5, 0.6) is 0 Å². The molecule has 2 N–H and O–H groups in total. The van der Waals surface area contributed by atoms with Crippen LogP contribution in [0.15, 0.2) is 29.5 Å². The summed E-state index contributed by atoms with van der Waals surface area (Å²) in [7, 11) is 0. The summed E-state index contributed by atoms with van der Waals surface area (Å²) in [5, 5.41) is 6.09. The molecule has 1 aromatic heterocycles. The summed E-state index contributed by atoms with van der Waals surface area (Å²) in [5.74, 6) is 0.628. The zero-order valence-electron chi connectivity index (χ0n) is 16.4. The zero-order valence-corrected chi connectivity index (χ0v) is 18.7. The molecule has 2 rings (SSSR count). The Bertz CT molecular complexity index is 635. The van der Waals surface area contributed by atoms with Gasteiger partial charge in [0.05, 0.1) is 18.7 Å². The highest BCUT2D eigenvalue weighted by atomic mass is 127. The second-order valence-corrected chi connectivity index (χ2v) is 5.91. The minimum Gasteiger partial charge on any atom is -0.450 e. The van der Waals surface area contributed by atoms with Crippen molar-refractivity contribution in [1.29, 1.82) is 0 Å².